The molecule has 0 unspecified atom stereocenters. The predicted molar refractivity (Wildman–Crippen MR) is 171 cm³/mol. The number of benzene rings is 2. The van der Waals surface area contributed by atoms with Gasteiger partial charge in [0, 0.05) is 0 Å². The van der Waals surface area contributed by atoms with Crippen LogP contribution in [0.4, 0.5) is 0 Å². The van der Waals surface area contributed by atoms with E-state index in [1.807, 2.05) is 41.5 Å². The quantitative estimate of drug-likeness (QED) is 0.265. The maximum atomic E-state index is 2.46. The van der Waals surface area contributed by atoms with Gasteiger partial charge in [-0.1, -0.05) is 111 Å². The Bertz CT molecular complexity index is 621. The predicted octanol–water partition coefficient (Wildman–Crippen LogP) is 12.0. The first kappa shape index (κ1) is 39.4. The molecule has 0 spiro atoms. The van der Waals surface area contributed by atoms with Crippen molar-refractivity contribution >= 4 is 59.9 Å². The summed E-state index contributed by atoms with van der Waals surface area (Å²) >= 11 is 7.39. The Balaban J connectivity index is -0.000000165. The van der Waals surface area contributed by atoms with E-state index in [9.17, 15) is 0 Å². The summed E-state index contributed by atoms with van der Waals surface area (Å²) in [5.74, 6) is 0. The number of aryl methyl sites for hydroxylation is 3. The summed E-state index contributed by atoms with van der Waals surface area (Å²) in [6.45, 7) is 20.9. The molecule has 0 saturated heterocycles. The fourth-order valence-electron chi connectivity index (χ4n) is 2.71. The molecule has 2 aromatic carbocycles. The number of hydrogen-bond acceptors (Lipinski definition) is 0. The van der Waals surface area contributed by atoms with Crippen molar-refractivity contribution in [1.29, 1.82) is 0 Å². The van der Waals surface area contributed by atoms with Crippen LogP contribution in [-0.4, -0.2) is 0 Å². The molecule has 0 radical (unpaired) electrons. The van der Waals surface area contributed by atoms with Crippen molar-refractivity contribution in [2.24, 2.45) is 0 Å². The van der Waals surface area contributed by atoms with Gasteiger partial charge in [0.2, 0.25) is 0 Å². The monoisotopic (exact) mass is 804 g/mol. The molecule has 1 fully saturated rings. The molecule has 0 aromatic heterocycles. The number of rotatable bonds is 2. The van der Waals surface area contributed by atoms with Gasteiger partial charge < -0.3 is 0 Å². The molecule has 0 amide bonds. The van der Waals surface area contributed by atoms with Crippen LogP contribution in [0.25, 0.3) is 0 Å². The van der Waals surface area contributed by atoms with E-state index < -0.39 is 0 Å². The van der Waals surface area contributed by atoms with E-state index in [1.165, 1.54) is 29.5 Å². The van der Waals surface area contributed by atoms with Gasteiger partial charge in [-0.2, -0.15) is 0 Å². The van der Waals surface area contributed by atoms with Crippen LogP contribution in [0, 0.1) is 13.8 Å². The molecular weight excluding hydrogens is 756 g/mol. The van der Waals surface area contributed by atoms with Gasteiger partial charge in [0.05, 0.1) is 0 Å². The van der Waals surface area contributed by atoms with Crippen molar-refractivity contribution in [3.05, 3.63) is 70.8 Å². The Morgan fingerprint density at radius 1 is 0.742 bits per heavy atom. The van der Waals surface area contributed by atoms with Gasteiger partial charge in [0.15, 0.2) is 0 Å². The molecule has 0 N–H and O–H groups in total. The molecule has 2 aromatic rings. The fourth-order valence-corrected chi connectivity index (χ4v) is 2.71. The van der Waals surface area contributed by atoms with Crippen LogP contribution in [-0.2, 0) is 16.8 Å². The molecule has 0 atom stereocenters. The van der Waals surface area contributed by atoms with Crippen LogP contribution >= 0.6 is 59.9 Å². The Kier molecular flexibility index (Phi) is 32.9. The van der Waals surface area contributed by atoms with Gasteiger partial charge >= 0.3 is 64.9 Å². The third kappa shape index (κ3) is 20.3. The van der Waals surface area contributed by atoms with E-state index in [1.54, 1.807) is 5.56 Å². The number of hydrogen-bond donors (Lipinski definition) is 0. The number of halogens is 3. The molecule has 1 aliphatic carbocycles. The summed E-state index contributed by atoms with van der Waals surface area (Å²) in [6.07, 6.45) is 3.89. The molecular formula is C27H48I3V. The van der Waals surface area contributed by atoms with E-state index in [0.717, 1.165) is 6.42 Å². The summed E-state index contributed by atoms with van der Waals surface area (Å²) in [4.78, 5) is -0.278. The molecule has 0 bridgehead atoms. The average Bonchev–Trinajstić information content (AvgIpc) is 3.51. The first-order chi connectivity index (χ1) is 14.3. The van der Waals surface area contributed by atoms with Gasteiger partial charge in [-0.25, -0.2) is 0 Å². The molecule has 0 heterocycles. The summed E-state index contributed by atoms with van der Waals surface area (Å²) in [6, 6.07) is 17.2. The third-order valence-electron chi connectivity index (χ3n) is 4.44. The van der Waals surface area contributed by atoms with Crippen molar-refractivity contribution in [3.8, 4) is 0 Å². The van der Waals surface area contributed by atoms with E-state index in [-0.39, 0.29) is 12.3 Å². The van der Waals surface area contributed by atoms with Gasteiger partial charge in [0.1, 0.15) is 0 Å². The van der Waals surface area contributed by atoms with E-state index in [2.05, 4.69) is 136 Å². The minimum atomic E-state index is -0.278. The molecule has 1 saturated carbocycles. The van der Waals surface area contributed by atoms with Crippen LogP contribution in [0.2, 0.25) is 0 Å². The Morgan fingerprint density at radius 3 is 1.39 bits per heavy atom. The second-order valence-corrected chi connectivity index (χ2v) is 41.7. The topological polar surface area (TPSA) is 0 Å². The van der Waals surface area contributed by atoms with Gasteiger partial charge in [-0.15, -0.1) is 0 Å². The fraction of sp³-hybridized carbons (Fsp3) is 0.556. The third-order valence-corrected chi connectivity index (χ3v) is 4.44. The van der Waals surface area contributed by atoms with Crippen molar-refractivity contribution in [3.63, 3.8) is 0 Å². The second-order valence-electron chi connectivity index (χ2n) is 6.35. The van der Waals surface area contributed by atoms with Crippen LogP contribution < -0.4 is 0 Å². The van der Waals surface area contributed by atoms with Crippen molar-refractivity contribution in [2.75, 3.05) is 0 Å². The van der Waals surface area contributed by atoms with Crippen LogP contribution in [0.3, 0.4) is 0 Å². The average molecular weight is 804 g/mol. The second kappa shape index (κ2) is 25.8. The van der Waals surface area contributed by atoms with Crippen LogP contribution in [0.5, 0.6) is 0 Å². The Morgan fingerprint density at radius 2 is 1.10 bits per heavy atom. The van der Waals surface area contributed by atoms with Crippen molar-refractivity contribution in [2.45, 2.75) is 101 Å². The maximum absolute atomic E-state index is 2.46. The zero-order valence-electron chi connectivity index (χ0n) is 20.8. The van der Waals surface area contributed by atoms with Gasteiger partial charge in [-0.05, 0) is 60.8 Å². The SMILES string of the molecule is C.CC.CC.CC.CCc1ccccc1C.Cc1ccccc1C1(C)CC1.[I][V]([I])[I]. The Labute approximate surface area is 234 Å². The first-order valence-corrected chi connectivity index (χ1v) is 24.7. The standard InChI is InChI=1S/C11H14.C9H12.3C2H6.CH4.3HI.V/c1-9-5-3-4-6-10(9)11(2)7-8-11;1-3-9-7-5-4-6-8(9)2;3*1-2;;;;;/h3-6H,7-8H2,1-2H3;4-7H,3H2,1-2H3;3*1-2H3;1H4;3*1H;/q;;;;;;;;;+3/p-3. The molecule has 0 aliphatic heterocycles. The zero-order chi connectivity index (χ0) is 24.2. The molecule has 4 heteroatoms. The molecule has 1 aliphatic rings. The molecule has 31 heavy (non-hydrogen) atoms. The van der Waals surface area contributed by atoms with Crippen molar-refractivity contribution < 1.29 is 4.92 Å². The summed E-state index contributed by atoms with van der Waals surface area (Å²) in [7, 11) is 0. The zero-order valence-corrected chi connectivity index (χ0v) is 28.7. The summed E-state index contributed by atoms with van der Waals surface area (Å²) in [5.41, 5.74) is 6.40. The molecule has 3 rings (SSSR count). The normalized spacial score (nSPS) is 11.5. The van der Waals surface area contributed by atoms with Crippen LogP contribution in [0.15, 0.2) is 48.5 Å². The molecule has 0 nitrogen and oxygen atoms in total. The van der Waals surface area contributed by atoms with E-state index >= 15 is 0 Å². The van der Waals surface area contributed by atoms with Gasteiger partial charge in [-0.3, -0.25) is 0 Å². The van der Waals surface area contributed by atoms with E-state index in [0.29, 0.717) is 5.41 Å². The first-order valence-electron chi connectivity index (χ1n) is 11.2. The van der Waals surface area contributed by atoms with Crippen LogP contribution in [0.1, 0.15) is 97.9 Å². The van der Waals surface area contributed by atoms with Crippen molar-refractivity contribution in [1.82, 2.24) is 0 Å². The molecule has 182 valence electrons. The Hall–Kier alpha value is 1.21. The minimum absolute atomic E-state index is 0. The summed E-state index contributed by atoms with van der Waals surface area (Å²) < 4.78 is 0. The van der Waals surface area contributed by atoms with E-state index in [4.69, 9.17) is 0 Å². The summed E-state index contributed by atoms with van der Waals surface area (Å²) in [5, 5.41) is 0. The van der Waals surface area contributed by atoms with Gasteiger partial charge in [0.25, 0.3) is 0 Å².